The number of benzene rings is 2. The van der Waals surface area contributed by atoms with Crippen molar-refractivity contribution in [3.05, 3.63) is 64.1 Å². The topological polar surface area (TPSA) is 66.5 Å². The Morgan fingerprint density at radius 2 is 1.96 bits per heavy atom. The standard InChI is InChI=1S/C22H19BrN2O3/c1-15(26)17-9-7-16(8-10-17)4-3-11-24-22(28)18-12-21(27)25(14-18)20-6-2-5-19(23)13-20/h2,5-10,13,18H,11-12,14H2,1H3,(H,24,28). The molecule has 6 heteroatoms. The van der Waals surface area contributed by atoms with Crippen LogP contribution >= 0.6 is 15.9 Å². The Bertz CT molecular complexity index is 973. The van der Waals surface area contributed by atoms with E-state index < -0.39 is 0 Å². The Hall–Kier alpha value is -2.91. The first-order chi connectivity index (χ1) is 13.4. The maximum Gasteiger partial charge on any atom is 0.227 e. The third kappa shape index (κ3) is 4.87. The third-order valence-corrected chi connectivity index (χ3v) is 4.98. The fourth-order valence-corrected chi connectivity index (χ4v) is 3.37. The molecular weight excluding hydrogens is 420 g/mol. The molecule has 2 aromatic rings. The maximum atomic E-state index is 12.4. The molecule has 2 amide bonds. The largest absolute Gasteiger partial charge is 0.345 e. The number of carbonyl (C=O) groups is 3. The summed E-state index contributed by atoms with van der Waals surface area (Å²) in [6.07, 6.45) is 0.193. The number of hydrogen-bond donors (Lipinski definition) is 1. The van der Waals surface area contributed by atoms with E-state index in [0.29, 0.717) is 12.1 Å². The van der Waals surface area contributed by atoms with Crippen LogP contribution in [0.4, 0.5) is 5.69 Å². The highest BCUT2D eigenvalue weighted by Crippen LogP contribution is 2.27. The van der Waals surface area contributed by atoms with E-state index in [2.05, 4.69) is 33.1 Å². The zero-order valence-corrected chi connectivity index (χ0v) is 17.0. The molecule has 1 unspecified atom stereocenters. The summed E-state index contributed by atoms with van der Waals surface area (Å²) in [5, 5.41) is 2.77. The van der Waals surface area contributed by atoms with Gasteiger partial charge in [0.05, 0.1) is 12.5 Å². The number of carbonyl (C=O) groups excluding carboxylic acids is 3. The Morgan fingerprint density at radius 3 is 2.64 bits per heavy atom. The lowest BCUT2D eigenvalue weighted by Crippen LogP contribution is -2.33. The first-order valence-corrected chi connectivity index (χ1v) is 9.67. The molecule has 0 spiro atoms. The lowest BCUT2D eigenvalue weighted by Gasteiger charge is -2.16. The monoisotopic (exact) mass is 438 g/mol. The molecule has 28 heavy (non-hydrogen) atoms. The number of hydrogen-bond acceptors (Lipinski definition) is 3. The van der Waals surface area contributed by atoms with E-state index in [0.717, 1.165) is 15.7 Å². The van der Waals surface area contributed by atoms with Gasteiger partial charge in [-0.15, -0.1) is 0 Å². The van der Waals surface area contributed by atoms with Crippen LogP contribution in [0.3, 0.4) is 0 Å². The second kappa shape index (κ2) is 8.85. The van der Waals surface area contributed by atoms with Crippen molar-refractivity contribution in [2.24, 2.45) is 5.92 Å². The minimum atomic E-state index is -0.386. The minimum Gasteiger partial charge on any atom is -0.345 e. The molecule has 0 radical (unpaired) electrons. The van der Waals surface area contributed by atoms with Gasteiger partial charge in [0, 0.05) is 34.3 Å². The highest BCUT2D eigenvalue weighted by atomic mass is 79.9. The van der Waals surface area contributed by atoms with E-state index in [1.165, 1.54) is 6.92 Å². The van der Waals surface area contributed by atoms with Crippen LogP contribution in [0.1, 0.15) is 29.3 Å². The molecular formula is C22H19BrN2O3. The maximum absolute atomic E-state index is 12.4. The summed E-state index contributed by atoms with van der Waals surface area (Å²) >= 11 is 3.40. The normalized spacial score (nSPS) is 15.7. The van der Waals surface area contributed by atoms with E-state index in [4.69, 9.17) is 0 Å². The molecule has 1 atom stereocenters. The molecule has 5 nitrogen and oxygen atoms in total. The summed E-state index contributed by atoms with van der Waals surface area (Å²) < 4.78 is 0.886. The lowest BCUT2D eigenvalue weighted by molar-refractivity contribution is -0.126. The van der Waals surface area contributed by atoms with Crippen LogP contribution in [-0.2, 0) is 9.59 Å². The second-order valence-electron chi connectivity index (χ2n) is 6.54. The van der Waals surface area contributed by atoms with Gasteiger partial charge in [0.25, 0.3) is 0 Å². The molecule has 0 aliphatic carbocycles. The molecule has 1 saturated heterocycles. The van der Waals surface area contributed by atoms with Gasteiger partial charge in [0.15, 0.2) is 5.78 Å². The molecule has 0 aromatic heterocycles. The summed E-state index contributed by atoms with van der Waals surface area (Å²) in [4.78, 5) is 37.5. The minimum absolute atomic E-state index is 0.00906. The summed E-state index contributed by atoms with van der Waals surface area (Å²) in [6, 6.07) is 14.5. The van der Waals surface area contributed by atoms with Gasteiger partial charge in [0.1, 0.15) is 0 Å². The quantitative estimate of drug-likeness (QED) is 0.588. The highest BCUT2D eigenvalue weighted by Gasteiger charge is 2.34. The average Bonchev–Trinajstić information content (AvgIpc) is 3.07. The van der Waals surface area contributed by atoms with Crippen LogP contribution in [0.25, 0.3) is 0 Å². The number of amides is 2. The lowest BCUT2D eigenvalue weighted by atomic mass is 10.1. The number of nitrogens with zero attached hydrogens (tertiary/aromatic N) is 1. The van der Waals surface area contributed by atoms with Crippen LogP contribution in [0, 0.1) is 17.8 Å². The summed E-state index contributed by atoms with van der Waals surface area (Å²) in [7, 11) is 0. The van der Waals surface area contributed by atoms with Crippen molar-refractivity contribution in [3.63, 3.8) is 0 Å². The number of rotatable bonds is 4. The van der Waals surface area contributed by atoms with Gasteiger partial charge in [-0.1, -0.05) is 46.0 Å². The Kier molecular flexibility index (Phi) is 6.27. The Balaban J connectivity index is 1.53. The fourth-order valence-electron chi connectivity index (χ4n) is 2.99. The van der Waals surface area contributed by atoms with Crippen molar-refractivity contribution in [2.75, 3.05) is 18.0 Å². The van der Waals surface area contributed by atoms with Gasteiger partial charge in [-0.05, 0) is 37.3 Å². The first kappa shape index (κ1) is 19.8. The second-order valence-corrected chi connectivity index (χ2v) is 7.45. The molecule has 2 aromatic carbocycles. The molecule has 142 valence electrons. The fraction of sp³-hybridized carbons (Fsp3) is 0.227. The number of nitrogens with one attached hydrogen (secondary N) is 1. The van der Waals surface area contributed by atoms with Crippen molar-refractivity contribution >= 4 is 39.2 Å². The molecule has 1 aliphatic rings. The zero-order chi connectivity index (χ0) is 20.1. The van der Waals surface area contributed by atoms with Crippen molar-refractivity contribution in [3.8, 4) is 11.8 Å². The third-order valence-electron chi connectivity index (χ3n) is 4.49. The van der Waals surface area contributed by atoms with Crippen molar-refractivity contribution < 1.29 is 14.4 Å². The van der Waals surface area contributed by atoms with Crippen LogP contribution in [0.5, 0.6) is 0 Å². The van der Waals surface area contributed by atoms with E-state index in [-0.39, 0.29) is 36.5 Å². The number of halogens is 1. The Morgan fingerprint density at radius 1 is 1.21 bits per heavy atom. The molecule has 1 heterocycles. The highest BCUT2D eigenvalue weighted by molar-refractivity contribution is 9.10. The van der Waals surface area contributed by atoms with Crippen LogP contribution < -0.4 is 10.2 Å². The predicted octanol–water partition coefficient (Wildman–Crippen LogP) is 3.17. The molecule has 0 bridgehead atoms. The van der Waals surface area contributed by atoms with Gasteiger partial charge in [-0.25, -0.2) is 0 Å². The van der Waals surface area contributed by atoms with E-state index in [1.54, 1.807) is 29.2 Å². The Labute approximate surface area is 172 Å². The van der Waals surface area contributed by atoms with Crippen molar-refractivity contribution in [1.29, 1.82) is 0 Å². The molecule has 1 N–H and O–H groups in total. The first-order valence-electron chi connectivity index (χ1n) is 8.87. The van der Waals surface area contributed by atoms with Crippen LogP contribution in [-0.4, -0.2) is 30.7 Å². The van der Waals surface area contributed by atoms with Crippen LogP contribution in [0.15, 0.2) is 53.0 Å². The van der Waals surface area contributed by atoms with Gasteiger partial charge in [0.2, 0.25) is 11.8 Å². The van der Waals surface area contributed by atoms with Gasteiger partial charge in [-0.3, -0.25) is 14.4 Å². The summed E-state index contributed by atoms with van der Waals surface area (Å²) in [5.41, 5.74) is 2.19. The van der Waals surface area contributed by atoms with Gasteiger partial charge >= 0.3 is 0 Å². The number of anilines is 1. The molecule has 1 fully saturated rings. The molecule has 1 aliphatic heterocycles. The van der Waals surface area contributed by atoms with E-state index in [1.807, 2.05) is 24.3 Å². The van der Waals surface area contributed by atoms with E-state index >= 15 is 0 Å². The molecule has 3 rings (SSSR count). The summed E-state index contributed by atoms with van der Waals surface area (Å²) in [6.45, 7) is 2.08. The van der Waals surface area contributed by atoms with Crippen molar-refractivity contribution in [2.45, 2.75) is 13.3 Å². The number of Topliss-reactive ketones (excluding diaryl/α,β-unsaturated/α-hetero) is 1. The summed E-state index contributed by atoms with van der Waals surface area (Å²) in [5.74, 6) is 5.23. The SMILES string of the molecule is CC(=O)c1ccc(C#CCNC(=O)C2CC(=O)N(c3cccc(Br)c3)C2)cc1. The zero-order valence-electron chi connectivity index (χ0n) is 15.4. The molecule has 0 saturated carbocycles. The van der Waals surface area contributed by atoms with E-state index in [9.17, 15) is 14.4 Å². The van der Waals surface area contributed by atoms with Gasteiger partial charge < -0.3 is 10.2 Å². The number of ketones is 1. The average molecular weight is 439 g/mol. The van der Waals surface area contributed by atoms with Crippen LogP contribution in [0.2, 0.25) is 0 Å². The smallest absolute Gasteiger partial charge is 0.227 e. The van der Waals surface area contributed by atoms with Gasteiger partial charge in [-0.2, -0.15) is 0 Å². The predicted molar refractivity (Wildman–Crippen MR) is 111 cm³/mol. The van der Waals surface area contributed by atoms with Crippen molar-refractivity contribution in [1.82, 2.24) is 5.32 Å².